The van der Waals surface area contributed by atoms with Crippen molar-refractivity contribution in [2.75, 3.05) is 13.1 Å². The highest BCUT2D eigenvalue weighted by Crippen LogP contribution is 2.24. The maximum Gasteiger partial charge on any atom is 0.318 e. The molecule has 0 spiro atoms. The summed E-state index contributed by atoms with van der Waals surface area (Å²) in [6, 6.07) is 4.93. The van der Waals surface area contributed by atoms with Crippen molar-refractivity contribution in [1.29, 1.82) is 0 Å². The molecule has 2 amide bonds. The Balaban J connectivity index is 2.11. The van der Waals surface area contributed by atoms with Gasteiger partial charge in [-0.2, -0.15) is 0 Å². The quantitative estimate of drug-likeness (QED) is 0.874. The van der Waals surface area contributed by atoms with E-state index >= 15 is 0 Å². The molecule has 2 atom stereocenters. The summed E-state index contributed by atoms with van der Waals surface area (Å²) in [6.07, 6.45) is 0.780. The predicted octanol–water partition coefficient (Wildman–Crippen LogP) is 1.94. The van der Waals surface area contributed by atoms with E-state index in [4.69, 9.17) is 5.73 Å². The number of aryl methyl sites for hydroxylation is 1. The van der Waals surface area contributed by atoms with Crippen molar-refractivity contribution in [2.24, 2.45) is 5.73 Å². The van der Waals surface area contributed by atoms with Gasteiger partial charge in [-0.3, -0.25) is 0 Å². The third-order valence-corrected chi connectivity index (χ3v) is 3.64. The number of amides is 2. The minimum atomic E-state index is -0.221. The number of hydrogen-bond acceptors (Lipinski definition) is 2. The molecule has 0 radical (unpaired) electrons. The van der Waals surface area contributed by atoms with Crippen LogP contribution in [0.15, 0.2) is 18.2 Å². The number of nitrogens with one attached hydrogen (secondary N) is 1. The van der Waals surface area contributed by atoms with Crippen LogP contribution in [0, 0.1) is 12.7 Å². The van der Waals surface area contributed by atoms with Gasteiger partial charge in [0.2, 0.25) is 0 Å². The molecular weight excluding hydrogens is 245 g/mol. The summed E-state index contributed by atoms with van der Waals surface area (Å²) < 4.78 is 13.3. The molecule has 2 rings (SSSR count). The smallest absolute Gasteiger partial charge is 0.318 e. The highest BCUT2D eigenvalue weighted by atomic mass is 19.1. The topological polar surface area (TPSA) is 58.4 Å². The third kappa shape index (κ3) is 2.87. The normalized spacial score (nSPS) is 20.5. The van der Waals surface area contributed by atoms with Crippen LogP contribution < -0.4 is 11.1 Å². The van der Waals surface area contributed by atoms with Gasteiger partial charge >= 0.3 is 6.03 Å². The lowest BCUT2D eigenvalue weighted by atomic mass is 10.0. The zero-order chi connectivity index (χ0) is 14.0. The number of benzene rings is 1. The van der Waals surface area contributed by atoms with Crippen LogP contribution in [0.25, 0.3) is 0 Å². The van der Waals surface area contributed by atoms with Gasteiger partial charge in [0.25, 0.3) is 0 Å². The number of nitrogens with two attached hydrogens (primary N) is 1. The Morgan fingerprint density at radius 3 is 2.95 bits per heavy atom. The van der Waals surface area contributed by atoms with Gasteiger partial charge in [0.15, 0.2) is 0 Å². The summed E-state index contributed by atoms with van der Waals surface area (Å²) in [5.74, 6) is -0.221. The molecule has 0 bridgehead atoms. The van der Waals surface area contributed by atoms with Gasteiger partial charge in [-0.1, -0.05) is 12.1 Å². The number of hydrogen-bond donors (Lipinski definition) is 2. The van der Waals surface area contributed by atoms with Crippen molar-refractivity contribution in [2.45, 2.75) is 32.4 Å². The fourth-order valence-corrected chi connectivity index (χ4v) is 2.41. The minimum absolute atomic E-state index is 0.0760. The molecule has 2 unspecified atom stereocenters. The zero-order valence-corrected chi connectivity index (χ0v) is 11.3. The first-order chi connectivity index (χ1) is 9.02. The number of carbonyl (C=O) groups is 1. The molecule has 1 aromatic rings. The Hall–Kier alpha value is -1.62. The lowest BCUT2D eigenvalue weighted by molar-refractivity contribution is 0.199. The van der Waals surface area contributed by atoms with Gasteiger partial charge in [-0.05, 0) is 44.0 Å². The number of halogens is 1. The van der Waals surface area contributed by atoms with Crippen LogP contribution in [0.4, 0.5) is 9.18 Å². The highest BCUT2D eigenvalue weighted by Gasteiger charge is 2.32. The SMILES string of the molecule is Cc1cc(C2CN(C(C)CCN)C(=O)N2)ccc1F. The van der Waals surface area contributed by atoms with Gasteiger partial charge in [0.05, 0.1) is 6.04 Å². The molecular formula is C14H20FN3O. The second kappa shape index (κ2) is 5.57. The van der Waals surface area contributed by atoms with E-state index < -0.39 is 0 Å². The Bertz CT molecular complexity index is 478. The molecule has 1 heterocycles. The molecule has 1 fully saturated rings. The summed E-state index contributed by atoms with van der Waals surface area (Å²) in [4.78, 5) is 13.7. The number of nitrogens with zero attached hydrogens (tertiary/aromatic N) is 1. The Morgan fingerprint density at radius 1 is 1.58 bits per heavy atom. The molecule has 0 saturated carbocycles. The second-order valence-corrected chi connectivity index (χ2v) is 5.09. The van der Waals surface area contributed by atoms with Crippen LogP contribution in [0.1, 0.15) is 30.5 Å². The van der Waals surface area contributed by atoms with E-state index in [9.17, 15) is 9.18 Å². The van der Waals surface area contributed by atoms with Crippen molar-refractivity contribution in [1.82, 2.24) is 10.2 Å². The summed E-state index contributed by atoms with van der Waals surface area (Å²) in [6.45, 7) is 4.88. The molecule has 19 heavy (non-hydrogen) atoms. The van der Waals surface area contributed by atoms with Crippen LogP contribution in [0.3, 0.4) is 0 Å². The van der Waals surface area contributed by atoms with Crippen molar-refractivity contribution >= 4 is 6.03 Å². The van der Waals surface area contributed by atoms with Crippen molar-refractivity contribution in [3.05, 3.63) is 35.1 Å². The molecule has 1 aliphatic rings. The molecule has 0 aromatic heterocycles. The molecule has 1 aromatic carbocycles. The van der Waals surface area contributed by atoms with Crippen LogP contribution in [0.2, 0.25) is 0 Å². The van der Waals surface area contributed by atoms with Gasteiger partial charge in [-0.25, -0.2) is 9.18 Å². The molecule has 1 saturated heterocycles. The number of carbonyl (C=O) groups excluding carboxylic acids is 1. The summed E-state index contributed by atoms with van der Waals surface area (Å²) >= 11 is 0. The molecule has 0 aliphatic carbocycles. The molecule has 5 heteroatoms. The maximum absolute atomic E-state index is 13.3. The zero-order valence-electron chi connectivity index (χ0n) is 11.3. The number of urea groups is 1. The molecule has 4 nitrogen and oxygen atoms in total. The van der Waals surface area contributed by atoms with Crippen molar-refractivity contribution in [3.63, 3.8) is 0 Å². The highest BCUT2D eigenvalue weighted by molar-refractivity contribution is 5.77. The fraction of sp³-hybridized carbons (Fsp3) is 0.500. The van der Waals surface area contributed by atoms with E-state index in [0.29, 0.717) is 18.7 Å². The van der Waals surface area contributed by atoms with E-state index in [-0.39, 0.29) is 23.9 Å². The first-order valence-electron chi connectivity index (χ1n) is 6.56. The van der Waals surface area contributed by atoms with E-state index in [0.717, 1.165) is 12.0 Å². The predicted molar refractivity (Wildman–Crippen MR) is 72.2 cm³/mol. The van der Waals surface area contributed by atoms with Gasteiger partial charge in [-0.15, -0.1) is 0 Å². The monoisotopic (exact) mass is 265 g/mol. The standard InChI is InChI=1S/C14H20FN3O/c1-9-7-11(3-4-12(9)15)13-8-18(14(19)17-13)10(2)5-6-16/h3-4,7,10,13H,5-6,8,16H2,1-2H3,(H,17,19). The third-order valence-electron chi connectivity index (χ3n) is 3.64. The summed E-state index contributed by atoms with van der Waals surface area (Å²) in [5.41, 5.74) is 7.06. The van der Waals surface area contributed by atoms with Gasteiger partial charge < -0.3 is 16.0 Å². The lowest BCUT2D eigenvalue weighted by Gasteiger charge is -2.22. The van der Waals surface area contributed by atoms with E-state index in [1.165, 1.54) is 6.07 Å². The average Bonchev–Trinajstić information content (AvgIpc) is 2.75. The van der Waals surface area contributed by atoms with Crippen molar-refractivity contribution in [3.8, 4) is 0 Å². The molecule has 1 aliphatic heterocycles. The van der Waals surface area contributed by atoms with Crippen molar-refractivity contribution < 1.29 is 9.18 Å². The first-order valence-corrected chi connectivity index (χ1v) is 6.56. The maximum atomic E-state index is 13.3. The molecule has 104 valence electrons. The second-order valence-electron chi connectivity index (χ2n) is 5.09. The Kier molecular flexibility index (Phi) is 4.04. The summed E-state index contributed by atoms with van der Waals surface area (Å²) in [5, 5.41) is 2.93. The fourth-order valence-electron chi connectivity index (χ4n) is 2.41. The Morgan fingerprint density at radius 2 is 2.32 bits per heavy atom. The Labute approximate surface area is 112 Å². The lowest BCUT2D eigenvalue weighted by Crippen LogP contribution is -2.37. The minimum Gasteiger partial charge on any atom is -0.330 e. The summed E-state index contributed by atoms with van der Waals surface area (Å²) in [7, 11) is 0. The largest absolute Gasteiger partial charge is 0.330 e. The van der Waals surface area contributed by atoms with Crippen LogP contribution in [-0.4, -0.2) is 30.1 Å². The van der Waals surface area contributed by atoms with E-state index in [1.54, 1.807) is 24.0 Å². The average molecular weight is 265 g/mol. The first kappa shape index (κ1) is 13.8. The van der Waals surface area contributed by atoms with Crippen LogP contribution >= 0.6 is 0 Å². The van der Waals surface area contributed by atoms with E-state index in [2.05, 4.69) is 5.32 Å². The van der Waals surface area contributed by atoms with Gasteiger partial charge in [0.1, 0.15) is 5.82 Å². The van der Waals surface area contributed by atoms with Gasteiger partial charge in [0, 0.05) is 12.6 Å². The number of rotatable bonds is 4. The van der Waals surface area contributed by atoms with E-state index in [1.807, 2.05) is 6.92 Å². The van der Waals surface area contributed by atoms with Crippen LogP contribution in [-0.2, 0) is 0 Å². The van der Waals surface area contributed by atoms with Crippen LogP contribution in [0.5, 0.6) is 0 Å². The molecule has 3 N–H and O–H groups in total.